The number of hydrogen-bond donors (Lipinski definition) is 2. The summed E-state index contributed by atoms with van der Waals surface area (Å²) in [7, 11) is -3.65. The first-order chi connectivity index (χ1) is 9.97. The molecule has 0 aromatic carbocycles. The smallest absolute Gasteiger partial charge is 0.257 e. The predicted molar refractivity (Wildman–Crippen MR) is 79.2 cm³/mol. The molecule has 0 aliphatic rings. The second-order valence-electron chi connectivity index (χ2n) is 4.99. The molecule has 7 nitrogen and oxygen atoms in total. The molecule has 0 aliphatic carbocycles. The lowest BCUT2D eigenvalue weighted by molar-refractivity contribution is 0.442. The molecule has 0 spiro atoms. The summed E-state index contributed by atoms with van der Waals surface area (Å²) in [5, 5.41) is 4.36. The Labute approximate surface area is 124 Å². The summed E-state index contributed by atoms with van der Waals surface area (Å²) in [6, 6.07) is 1.25. The molecule has 0 saturated heterocycles. The number of fused-ring (bicyclic) bond motifs is 1. The minimum absolute atomic E-state index is 0.0937. The van der Waals surface area contributed by atoms with Gasteiger partial charge in [0.2, 0.25) is 10.0 Å². The van der Waals surface area contributed by atoms with E-state index in [9.17, 15) is 8.42 Å². The van der Waals surface area contributed by atoms with E-state index in [1.807, 2.05) is 0 Å². The van der Waals surface area contributed by atoms with Gasteiger partial charge in [-0.25, -0.2) is 18.1 Å². The Balaban J connectivity index is 2.25. The number of nitrogens with zero attached hydrogens (tertiary/aromatic N) is 2. The molecule has 1 unspecified atom stereocenters. The van der Waals surface area contributed by atoms with E-state index >= 15 is 0 Å². The van der Waals surface area contributed by atoms with E-state index in [4.69, 9.17) is 10.3 Å². The third-order valence-electron chi connectivity index (χ3n) is 3.31. The van der Waals surface area contributed by atoms with Crippen LogP contribution in [0.4, 0.5) is 0 Å². The van der Waals surface area contributed by atoms with E-state index in [0.717, 1.165) is 12.8 Å². The van der Waals surface area contributed by atoms with Crippen LogP contribution in [0.5, 0.6) is 0 Å². The Bertz CT molecular complexity index is 711. The van der Waals surface area contributed by atoms with Gasteiger partial charge in [-0.05, 0) is 19.4 Å². The largest absolute Gasteiger partial charge is 0.336 e. The van der Waals surface area contributed by atoms with Gasteiger partial charge in [0.25, 0.3) is 5.71 Å². The molecule has 116 valence electrons. The molecular formula is C13H20N4O3S. The van der Waals surface area contributed by atoms with Crippen LogP contribution in [0.3, 0.4) is 0 Å². The second-order valence-corrected chi connectivity index (χ2v) is 6.70. The van der Waals surface area contributed by atoms with Crippen molar-refractivity contribution >= 4 is 21.1 Å². The molecule has 0 aliphatic heterocycles. The summed E-state index contributed by atoms with van der Waals surface area (Å²) in [5.41, 5.74) is 6.56. The van der Waals surface area contributed by atoms with Crippen LogP contribution in [0.15, 0.2) is 21.7 Å². The summed E-state index contributed by atoms with van der Waals surface area (Å²) in [6.07, 6.45) is 3.90. The molecule has 0 bridgehead atoms. The highest BCUT2D eigenvalue weighted by molar-refractivity contribution is 7.89. The molecule has 2 rings (SSSR count). The van der Waals surface area contributed by atoms with E-state index in [2.05, 4.69) is 21.8 Å². The summed E-state index contributed by atoms with van der Waals surface area (Å²) in [4.78, 5) is 4.08. The van der Waals surface area contributed by atoms with Crippen molar-refractivity contribution in [2.75, 3.05) is 6.54 Å². The third kappa shape index (κ3) is 3.58. The summed E-state index contributed by atoms with van der Waals surface area (Å²) in [5.74, 6) is 0. The SMILES string of the molecule is CCCCC(CN)NS(=O)(=O)c1cnc2onc(C)c2c1. The van der Waals surface area contributed by atoms with Gasteiger partial charge in [-0.1, -0.05) is 24.9 Å². The fourth-order valence-electron chi connectivity index (χ4n) is 2.04. The zero-order chi connectivity index (χ0) is 15.5. The van der Waals surface area contributed by atoms with Crippen molar-refractivity contribution in [1.82, 2.24) is 14.9 Å². The number of rotatable bonds is 7. The molecule has 1 atom stereocenters. The highest BCUT2D eigenvalue weighted by Crippen LogP contribution is 2.19. The topological polar surface area (TPSA) is 111 Å². The number of nitrogens with one attached hydrogen (secondary N) is 1. The number of aromatic nitrogens is 2. The number of sulfonamides is 1. The van der Waals surface area contributed by atoms with Crippen LogP contribution < -0.4 is 10.5 Å². The molecule has 0 fully saturated rings. The second kappa shape index (κ2) is 6.50. The fraction of sp³-hybridized carbons (Fsp3) is 0.538. The van der Waals surface area contributed by atoms with Gasteiger partial charge in [0, 0.05) is 12.6 Å². The van der Waals surface area contributed by atoms with E-state index in [1.165, 1.54) is 12.3 Å². The first-order valence-corrected chi connectivity index (χ1v) is 8.40. The summed E-state index contributed by atoms with van der Waals surface area (Å²) >= 11 is 0. The van der Waals surface area contributed by atoms with Crippen molar-refractivity contribution in [1.29, 1.82) is 0 Å². The van der Waals surface area contributed by atoms with Crippen molar-refractivity contribution < 1.29 is 12.9 Å². The van der Waals surface area contributed by atoms with Gasteiger partial charge in [0.05, 0.1) is 17.3 Å². The van der Waals surface area contributed by atoms with Gasteiger partial charge >= 0.3 is 0 Å². The number of nitrogens with two attached hydrogens (primary N) is 1. The normalized spacial score (nSPS) is 13.7. The van der Waals surface area contributed by atoms with Gasteiger partial charge in [0.15, 0.2) is 0 Å². The van der Waals surface area contributed by atoms with Crippen LogP contribution >= 0.6 is 0 Å². The molecule has 2 aromatic rings. The van der Waals surface area contributed by atoms with Crippen LogP contribution in [-0.2, 0) is 10.0 Å². The van der Waals surface area contributed by atoms with Crippen LogP contribution in [0.25, 0.3) is 11.1 Å². The van der Waals surface area contributed by atoms with Crippen LogP contribution in [0, 0.1) is 6.92 Å². The minimum atomic E-state index is -3.65. The molecule has 0 amide bonds. The minimum Gasteiger partial charge on any atom is -0.336 e. The average Bonchev–Trinajstić information content (AvgIpc) is 2.84. The molecule has 3 N–H and O–H groups in total. The molecule has 0 radical (unpaired) electrons. The van der Waals surface area contributed by atoms with E-state index in [0.29, 0.717) is 23.2 Å². The molecular weight excluding hydrogens is 292 g/mol. The monoisotopic (exact) mass is 312 g/mol. The van der Waals surface area contributed by atoms with E-state index in [-0.39, 0.29) is 17.5 Å². The van der Waals surface area contributed by atoms with Crippen LogP contribution in [-0.4, -0.2) is 31.1 Å². The highest BCUT2D eigenvalue weighted by Gasteiger charge is 2.21. The first kappa shape index (κ1) is 15.9. The van der Waals surface area contributed by atoms with Crippen molar-refractivity contribution in [3.05, 3.63) is 18.0 Å². The fourth-order valence-corrected chi connectivity index (χ4v) is 3.29. The maximum Gasteiger partial charge on any atom is 0.257 e. The predicted octanol–water partition coefficient (Wildman–Crippen LogP) is 1.33. The third-order valence-corrected chi connectivity index (χ3v) is 4.80. The van der Waals surface area contributed by atoms with Gasteiger partial charge in [0.1, 0.15) is 4.90 Å². The Hall–Kier alpha value is -1.51. The number of pyridine rings is 1. The Morgan fingerprint density at radius 2 is 2.24 bits per heavy atom. The van der Waals surface area contributed by atoms with Crippen molar-refractivity contribution in [2.45, 2.75) is 44.0 Å². The van der Waals surface area contributed by atoms with Crippen LogP contribution in [0.1, 0.15) is 31.9 Å². The lowest BCUT2D eigenvalue weighted by Gasteiger charge is -2.16. The molecule has 21 heavy (non-hydrogen) atoms. The van der Waals surface area contributed by atoms with Gasteiger partial charge < -0.3 is 10.3 Å². The standard InChI is InChI=1S/C13H20N4O3S/c1-3-4-5-10(7-14)17-21(18,19)11-6-12-9(2)16-20-13(12)15-8-11/h6,8,10,17H,3-5,7,14H2,1-2H3. The average molecular weight is 312 g/mol. The van der Waals surface area contributed by atoms with Gasteiger partial charge in [-0.3, -0.25) is 0 Å². The number of unbranched alkanes of at least 4 members (excludes halogenated alkanes) is 1. The van der Waals surface area contributed by atoms with Crippen molar-refractivity contribution in [2.24, 2.45) is 5.73 Å². The maximum absolute atomic E-state index is 12.4. The molecule has 0 saturated carbocycles. The zero-order valence-corrected chi connectivity index (χ0v) is 13.0. The van der Waals surface area contributed by atoms with Crippen molar-refractivity contribution in [3.63, 3.8) is 0 Å². The van der Waals surface area contributed by atoms with Crippen LogP contribution in [0.2, 0.25) is 0 Å². The Morgan fingerprint density at radius 3 is 2.90 bits per heavy atom. The molecule has 2 aromatic heterocycles. The lowest BCUT2D eigenvalue weighted by atomic mass is 10.1. The van der Waals surface area contributed by atoms with Crippen molar-refractivity contribution in [3.8, 4) is 0 Å². The van der Waals surface area contributed by atoms with Gasteiger partial charge in [-0.15, -0.1) is 0 Å². The quantitative estimate of drug-likeness (QED) is 0.797. The number of hydrogen-bond acceptors (Lipinski definition) is 6. The van der Waals surface area contributed by atoms with E-state index in [1.54, 1.807) is 6.92 Å². The summed E-state index contributed by atoms with van der Waals surface area (Å²) < 4.78 is 32.4. The molecule has 8 heteroatoms. The summed E-state index contributed by atoms with van der Waals surface area (Å²) in [6.45, 7) is 4.05. The number of aryl methyl sites for hydroxylation is 1. The first-order valence-electron chi connectivity index (χ1n) is 6.92. The zero-order valence-electron chi connectivity index (χ0n) is 12.2. The Morgan fingerprint density at radius 1 is 1.48 bits per heavy atom. The van der Waals surface area contributed by atoms with E-state index < -0.39 is 10.0 Å². The molecule has 2 heterocycles. The highest BCUT2D eigenvalue weighted by atomic mass is 32.2. The Kier molecular flexibility index (Phi) is 4.92. The van der Waals surface area contributed by atoms with Gasteiger partial charge in [-0.2, -0.15) is 0 Å². The maximum atomic E-state index is 12.4. The lowest BCUT2D eigenvalue weighted by Crippen LogP contribution is -2.40.